The summed E-state index contributed by atoms with van der Waals surface area (Å²) < 4.78 is 13.7. The number of hydrogen-bond donors (Lipinski definition) is 2. The average molecular weight is 344 g/mol. The molecule has 0 spiro atoms. The summed E-state index contributed by atoms with van der Waals surface area (Å²) in [5.74, 6) is -0.00706. The van der Waals surface area contributed by atoms with Crippen LogP contribution in [0.15, 0.2) is 36.7 Å². The summed E-state index contributed by atoms with van der Waals surface area (Å²) in [5, 5.41) is 11.9. The molecule has 1 amide bonds. The predicted octanol–water partition coefficient (Wildman–Crippen LogP) is 1.64. The van der Waals surface area contributed by atoms with Crippen LogP contribution in [0.5, 0.6) is 0 Å². The Morgan fingerprint density at radius 3 is 2.88 bits per heavy atom. The van der Waals surface area contributed by atoms with Crippen molar-refractivity contribution in [2.45, 2.75) is 26.0 Å². The van der Waals surface area contributed by atoms with Crippen molar-refractivity contribution in [1.82, 2.24) is 15.3 Å². The van der Waals surface area contributed by atoms with Gasteiger partial charge in [0, 0.05) is 37.6 Å². The Bertz CT molecular complexity index is 726. The van der Waals surface area contributed by atoms with E-state index in [1.54, 1.807) is 24.5 Å². The molecule has 1 aliphatic rings. The summed E-state index contributed by atoms with van der Waals surface area (Å²) in [7, 11) is 0. The Balaban J connectivity index is 1.57. The van der Waals surface area contributed by atoms with Crippen LogP contribution in [0.2, 0.25) is 0 Å². The van der Waals surface area contributed by atoms with Crippen molar-refractivity contribution in [3.05, 3.63) is 53.6 Å². The second-order valence-electron chi connectivity index (χ2n) is 6.14. The zero-order valence-corrected chi connectivity index (χ0v) is 13.9. The highest BCUT2D eigenvalue weighted by Crippen LogP contribution is 2.20. The summed E-state index contributed by atoms with van der Waals surface area (Å²) in [4.78, 5) is 22.9. The van der Waals surface area contributed by atoms with Gasteiger partial charge in [0.05, 0.1) is 12.5 Å². The quantitative estimate of drug-likeness (QED) is 0.862. The number of aromatic nitrogens is 2. The Morgan fingerprint density at radius 1 is 1.36 bits per heavy atom. The maximum atomic E-state index is 13.7. The Kier molecular flexibility index (Phi) is 5.55. The van der Waals surface area contributed by atoms with Crippen molar-refractivity contribution in [1.29, 1.82) is 0 Å². The van der Waals surface area contributed by atoms with Crippen molar-refractivity contribution in [3.63, 3.8) is 0 Å². The molecule has 2 aromatic rings. The molecule has 0 saturated carbocycles. The van der Waals surface area contributed by atoms with Crippen molar-refractivity contribution in [2.24, 2.45) is 5.92 Å². The molecular formula is C18H21FN4O2. The number of amides is 1. The molecule has 0 unspecified atom stereocenters. The van der Waals surface area contributed by atoms with Gasteiger partial charge in [0.1, 0.15) is 5.82 Å². The number of benzene rings is 1. The number of hydrogen-bond acceptors (Lipinski definition) is 5. The molecule has 3 rings (SSSR count). The fourth-order valence-electron chi connectivity index (χ4n) is 2.99. The van der Waals surface area contributed by atoms with Gasteiger partial charge in [-0.1, -0.05) is 12.1 Å². The van der Waals surface area contributed by atoms with Crippen molar-refractivity contribution < 1.29 is 14.3 Å². The first kappa shape index (κ1) is 17.3. The van der Waals surface area contributed by atoms with Gasteiger partial charge in [-0.25, -0.2) is 14.4 Å². The normalized spacial score (nSPS) is 17.4. The molecule has 0 bridgehead atoms. The fourth-order valence-corrected chi connectivity index (χ4v) is 2.99. The van der Waals surface area contributed by atoms with E-state index < -0.39 is 5.82 Å². The molecule has 25 heavy (non-hydrogen) atoms. The zero-order chi connectivity index (χ0) is 17.6. The number of carbonyl (C=O) groups is 1. The summed E-state index contributed by atoms with van der Waals surface area (Å²) >= 11 is 0. The van der Waals surface area contributed by atoms with Gasteiger partial charge in [-0.2, -0.15) is 0 Å². The number of piperidine rings is 1. The first-order valence-electron chi connectivity index (χ1n) is 8.35. The van der Waals surface area contributed by atoms with Crippen molar-refractivity contribution >= 4 is 11.9 Å². The lowest BCUT2D eigenvalue weighted by molar-refractivity contribution is -0.125. The minimum absolute atomic E-state index is 0.0488. The number of halogens is 1. The van der Waals surface area contributed by atoms with Gasteiger partial charge in [-0.3, -0.25) is 4.79 Å². The number of nitrogens with one attached hydrogen (secondary N) is 1. The van der Waals surface area contributed by atoms with E-state index in [0.29, 0.717) is 18.1 Å². The monoisotopic (exact) mass is 344 g/mol. The molecule has 132 valence electrons. The summed E-state index contributed by atoms with van der Waals surface area (Å²) in [6, 6.07) is 6.35. The number of aliphatic hydroxyl groups excluding tert-OH is 1. The number of rotatable bonds is 5. The van der Waals surface area contributed by atoms with Gasteiger partial charge in [0.25, 0.3) is 0 Å². The molecule has 2 heterocycles. The molecule has 1 fully saturated rings. The minimum Gasteiger partial charge on any atom is -0.392 e. The van der Waals surface area contributed by atoms with E-state index in [4.69, 9.17) is 5.11 Å². The van der Waals surface area contributed by atoms with E-state index in [1.807, 2.05) is 4.90 Å². The van der Waals surface area contributed by atoms with Crippen molar-refractivity contribution in [2.75, 3.05) is 18.0 Å². The van der Waals surface area contributed by atoms with Crippen LogP contribution < -0.4 is 10.2 Å². The lowest BCUT2D eigenvalue weighted by Gasteiger charge is -2.31. The van der Waals surface area contributed by atoms with Crippen LogP contribution in [0.1, 0.15) is 24.0 Å². The molecule has 1 atom stereocenters. The lowest BCUT2D eigenvalue weighted by atomic mass is 9.97. The topological polar surface area (TPSA) is 78.4 Å². The van der Waals surface area contributed by atoms with E-state index in [0.717, 1.165) is 19.4 Å². The lowest BCUT2D eigenvalue weighted by Crippen LogP contribution is -2.43. The highest BCUT2D eigenvalue weighted by atomic mass is 19.1. The van der Waals surface area contributed by atoms with Crippen LogP contribution in [-0.2, 0) is 17.9 Å². The predicted molar refractivity (Wildman–Crippen MR) is 91.1 cm³/mol. The van der Waals surface area contributed by atoms with Gasteiger partial charge >= 0.3 is 0 Å². The van der Waals surface area contributed by atoms with E-state index in [9.17, 15) is 9.18 Å². The number of anilines is 1. The van der Waals surface area contributed by atoms with Gasteiger partial charge in [-0.15, -0.1) is 0 Å². The maximum absolute atomic E-state index is 13.7. The first-order valence-corrected chi connectivity index (χ1v) is 8.35. The van der Waals surface area contributed by atoms with Crippen LogP contribution >= 0.6 is 0 Å². The van der Waals surface area contributed by atoms with Crippen LogP contribution in [-0.4, -0.2) is 34.1 Å². The van der Waals surface area contributed by atoms with E-state index >= 15 is 0 Å². The summed E-state index contributed by atoms with van der Waals surface area (Å²) in [5.41, 5.74) is 0.919. The smallest absolute Gasteiger partial charge is 0.225 e. The second-order valence-corrected chi connectivity index (χ2v) is 6.14. The Hall–Kier alpha value is -2.54. The maximum Gasteiger partial charge on any atom is 0.225 e. The fraction of sp³-hybridized carbons (Fsp3) is 0.389. The molecule has 2 N–H and O–H groups in total. The van der Waals surface area contributed by atoms with Gasteiger partial charge in [-0.05, 0) is 30.5 Å². The standard InChI is InChI=1S/C18H21FN4O2/c19-16-9-13(4-5-15(16)12-24)10-22-17(25)14-3-1-8-23(11-14)18-20-6-2-7-21-18/h2,4-7,9,14,24H,1,3,8,10-12H2,(H,22,25)/t14-/m0/s1. The largest absolute Gasteiger partial charge is 0.392 e. The SMILES string of the molecule is O=C(NCc1ccc(CO)c(F)c1)[C@H]1CCCN(c2ncccn2)C1. The van der Waals surface area contributed by atoms with Gasteiger partial charge in [0.15, 0.2) is 0 Å². The number of carbonyl (C=O) groups excluding carboxylic acids is 1. The van der Waals surface area contributed by atoms with Gasteiger partial charge < -0.3 is 15.3 Å². The van der Waals surface area contributed by atoms with E-state index in [-0.39, 0.29) is 30.5 Å². The molecule has 1 aromatic heterocycles. The third-order valence-electron chi connectivity index (χ3n) is 4.38. The summed E-state index contributed by atoms with van der Waals surface area (Å²) in [6.45, 7) is 1.34. The molecule has 1 aromatic carbocycles. The third kappa shape index (κ3) is 4.30. The third-order valence-corrected chi connectivity index (χ3v) is 4.38. The van der Waals surface area contributed by atoms with Crippen LogP contribution in [0.4, 0.5) is 10.3 Å². The molecule has 7 heteroatoms. The first-order chi connectivity index (χ1) is 12.2. The molecule has 0 aliphatic carbocycles. The second kappa shape index (κ2) is 8.02. The molecule has 1 aliphatic heterocycles. The molecule has 0 radical (unpaired) electrons. The van der Waals surface area contributed by atoms with Crippen LogP contribution in [0, 0.1) is 11.7 Å². The highest BCUT2D eigenvalue weighted by molar-refractivity contribution is 5.79. The zero-order valence-electron chi connectivity index (χ0n) is 13.9. The average Bonchev–Trinajstić information content (AvgIpc) is 2.67. The Labute approximate surface area is 145 Å². The molecule has 1 saturated heterocycles. The highest BCUT2D eigenvalue weighted by Gasteiger charge is 2.26. The van der Waals surface area contributed by atoms with Crippen molar-refractivity contribution in [3.8, 4) is 0 Å². The number of nitrogens with zero attached hydrogens (tertiary/aromatic N) is 3. The minimum atomic E-state index is -0.459. The molecule has 6 nitrogen and oxygen atoms in total. The van der Waals surface area contributed by atoms with Crippen LogP contribution in [0.3, 0.4) is 0 Å². The van der Waals surface area contributed by atoms with Crippen LogP contribution in [0.25, 0.3) is 0 Å². The summed E-state index contributed by atoms with van der Waals surface area (Å²) in [6.07, 6.45) is 5.09. The van der Waals surface area contributed by atoms with E-state index in [2.05, 4.69) is 15.3 Å². The molecular weight excluding hydrogens is 323 g/mol. The Morgan fingerprint density at radius 2 is 2.16 bits per heavy atom. The number of aliphatic hydroxyl groups is 1. The van der Waals surface area contributed by atoms with E-state index in [1.165, 1.54) is 12.1 Å². The van der Waals surface area contributed by atoms with Gasteiger partial charge in [0.2, 0.25) is 11.9 Å².